The van der Waals surface area contributed by atoms with Crippen molar-refractivity contribution in [2.24, 2.45) is 0 Å². The lowest BCUT2D eigenvalue weighted by Crippen LogP contribution is -2.36. The van der Waals surface area contributed by atoms with Crippen LogP contribution in [0.4, 0.5) is 0 Å². The Kier molecular flexibility index (Phi) is 31.2. The molecule has 0 saturated carbocycles. The van der Waals surface area contributed by atoms with Gasteiger partial charge < -0.3 is 9.47 Å². The van der Waals surface area contributed by atoms with Gasteiger partial charge in [0, 0.05) is 24.7 Å². The molecule has 0 heterocycles. The van der Waals surface area contributed by atoms with E-state index in [9.17, 15) is 0 Å². The van der Waals surface area contributed by atoms with Gasteiger partial charge in [0.15, 0.2) is 0 Å². The molecule has 2 unspecified atom stereocenters. The molecule has 0 aliphatic rings. The van der Waals surface area contributed by atoms with Gasteiger partial charge in [-0.1, -0.05) is 152 Å². The minimum atomic E-state index is -0.841. The van der Waals surface area contributed by atoms with Crippen LogP contribution < -0.4 is 0 Å². The second-order valence-corrected chi connectivity index (χ2v) is 23.2. The highest BCUT2D eigenvalue weighted by Gasteiger charge is 2.25. The Balaban J connectivity index is 4.71. The summed E-state index contributed by atoms with van der Waals surface area (Å²) < 4.78 is 13.1. The molecule has 0 fully saturated rings. The SMILES string of the molecule is CCCCOC(CSSSSCC(OCCCC)[SiH](CCCC)CCCC)[SiH](CCCC)CCCC. The minimum Gasteiger partial charge on any atom is -0.381 e. The lowest BCUT2D eigenvalue weighted by molar-refractivity contribution is 0.113. The highest BCUT2D eigenvalue weighted by Crippen LogP contribution is 2.44. The lowest BCUT2D eigenvalue weighted by atomic mass is 10.4. The standard InChI is InChI=1S/C28H62O2S4Si2/c1-7-13-19-29-27(35(21-15-9-3)22-16-10-4)25-31-33-34-32-26-28(30-20-14-8-2)36(23-17-11-5)24-18-12-6/h27-28,35-36H,7-26H2,1-6H3. The van der Waals surface area contributed by atoms with Gasteiger partial charge in [-0.15, -0.1) is 0 Å². The van der Waals surface area contributed by atoms with Crippen LogP contribution in [0, 0.1) is 0 Å². The molecule has 2 atom stereocenters. The largest absolute Gasteiger partial charge is 0.381 e. The molecule has 0 aromatic heterocycles. The predicted molar refractivity (Wildman–Crippen MR) is 183 cm³/mol. The summed E-state index contributed by atoms with van der Waals surface area (Å²) in [6.45, 7) is 15.8. The average molecular weight is 615 g/mol. The van der Waals surface area contributed by atoms with Gasteiger partial charge in [0.2, 0.25) is 0 Å². The summed E-state index contributed by atoms with van der Waals surface area (Å²) in [4.78, 5) is 0. The molecule has 8 heteroatoms. The number of hydrogen-bond acceptors (Lipinski definition) is 6. The normalized spacial score (nSPS) is 13.7. The smallest absolute Gasteiger partial charge is 0.0728 e. The van der Waals surface area contributed by atoms with E-state index < -0.39 is 17.6 Å². The molecular formula is C28H62O2S4Si2. The van der Waals surface area contributed by atoms with Gasteiger partial charge in [-0.05, 0) is 32.5 Å². The summed E-state index contributed by atoms with van der Waals surface area (Å²) >= 11 is 0. The number of hydrogen-bond donors (Lipinski definition) is 0. The summed E-state index contributed by atoms with van der Waals surface area (Å²) in [5, 5.41) is 0. The second-order valence-electron chi connectivity index (χ2n) is 10.3. The summed E-state index contributed by atoms with van der Waals surface area (Å²) in [7, 11) is 6.45. The van der Waals surface area contributed by atoms with E-state index in [-0.39, 0.29) is 0 Å². The zero-order valence-corrected chi connectivity index (χ0v) is 30.5. The van der Waals surface area contributed by atoms with Crippen LogP contribution in [0.3, 0.4) is 0 Å². The van der Waals surface area contributed by atoms with Crippen molar-refractivity contribution < 1.29 is 9.47 Å². The van der Waals surface area contributed by atoms with Gasteiger partial charge >= 0.3 is 0 Å². The zero-order chi connectivity index (χ0) is 26.7. The van der Waals surface area contributed by atoms with Crippen molar-refractivity contribution >= 4 is 58.8 Å². The Morgan fingerprint density at radius 1 is 0.472 bits per heavy atom. The molecule has 0 rings (SSSR count). The summed E-state index contributed by atoms with van der Waals surface area (Å²) in [5.74, 6) is 2.38. The molecule has 0 aliphatic heterocycles. The molecule has 0 aromatic carbocycles. The first-order valence-corrected chi connectivity index (χ1v) is 25.2. The molecule has 0 N–H and O–H groups in total. The summed E-state index contributed by atoms with van der Waals surface area (Å²) in [6, 6.07) is 5.88. The maximum Gasteiger partial charge on any atom is 0.0728 e. The fourth-order valence-corrected chi connectivity index (χ4v) is 20.6. The van der Waals surface area contributed by atoms with Crippen LogP contribution in [0.15, 0.2) is 0 Å². The fourth-order valence-electron chi connectivity index (χ4n) is 4.53. The molecular weight excluding hydrogens is 553 g/mol. The molecule has 36 heavy (non-hydrogen) atoms. The molecule has 0 amide bonds. The van der Waals surface area contributed by atoms with Crippen molar-refractivity contribution in [3.63, 3.8) is 0 Å². The summed E-state index contributed by atoms with van der Waals surface area (Å²) in [6.07, 6.45) is 15.8. The lowest BCUT2D eigenvalue weighted by Gasteiger charge is -2.27. The highest BCUT2D eigenvalue weighted by molar-refractivity contribution is 9.26. The van der Waals surface area contributed by atoms with Crippen molar-refractivity contribution in [1.29, 1.82) is 0 Å². The second kappa shape index (κ2) is 29.7. The number of unbranched alkanes of at least 4 members (excludes halogenated alkanes) is 6. The molecule has 2 nitrogen and oxygen atoms in total. The van der Waals surface area contributed by atoms with Crippen LogP contribution in [0.2, 0.25) is 24.2 Å². The van der Waals surface area contributed by atoms with Crippen LogP contribution >= 0.6 is 41.2 Å². The maximum atomic E-state index is 6.54. The first-order chi connectivity index (χ1) is 17.7. The third-order valence-electron chi connectivity index (χ3n) is 7.01. The topological polar surface area (TPSA) is 18.5 Å². The van der Waals surface area contributed by atoms with Crippen molar-refractivity contribution in [3.8, 4) is 0 Å². The Morgan fingerprint density at radius 2 is 0.778 bits per heavy atom. The Labute approximate surface area is 245 Å². The van der Waals surface area contributed by atoms with Crippen LogP contribution in [0.25, 0.3) is 0 Å². The van der Waals surface area contributed by atoms with Crippen LogP contribution in [0.5, 0.6) is 0 Å². The molecule has 0 bridgehead atoms. The Morgan fingerprint density at radius 3 is 1.06 bits per heavy atom. The van der Waals surface area contributed by atoms with E-state index in [1.165, 1.54) is 113 Å². The third kappa shape index (κ3) is 21.6. The molecule has 0 aliphatic carbocycles. The predicted octanol–water partition coefficient (Wildman–Crippen LogP) is 10.8. The van der Waals surface area contributed by atoms with Gasteiger partial charge in [0.05, 0.1) is 29.0 Å². The minimum absolute atomic E-state index is 0.558. The first kappa shape index (κ1) is 37.8. The molecule has 0 saturated heterocycles. The van der Waals surface area contributed by atoms with E-state index in [0.29, 0.717) is 11.5 Å². The van der Waals surface area contributed by atoms with Crippen molar-refractivity contribution in [3.05, 3.63) is 0 Å². The van der Waals surface area contributed by atoms with Crippen molar-refractivity contribution in [2.75, 3.05) is 24.7 Å². The highest BCUT2D eigenvalue weighted by atomic mass is 33.7. The van der Waals surface area contributed by atoms with Crippen LogP contribution in [-0.4, -0.2) is 53.8 Å². The van der Waals surface area contributed by atoms with E-state index in [4.69, 9.17) is 9.47 Å². The molecule has 0 radical (unpaired) electrons. The van der Waals surface area contributed by atoms with E-state index in [1.807, 2.05) is 19.7 Å². The van der Waals surface area contributed by atoms with Crippen molar-refractivity contribution in [1.82, 2.24) is 0 Å². The number of rotatable bonds is 29. The van der Waals surface area contributed by atoms with Gasteiger partial charge in [-0.2, -0.15) is 0 Å². The fraction of sp³-hybridized carbons (Fsp3) is 1.00. The summed E-state index contributed by atoms with van der Waals surface area (Å²) in [5.41, 5.74) is 1.12. The van der Waals surface area contributed by atoms with Crippen LogP contribution in [-0.2, 0) is 9.47 Å². The number of ether oxygens (including phenoxy) is 2. The van der Waals surface area contributed by atoms with E-state index in [0.717, 1.165) is 13.2 Å². The molecule has 0 aromatic rings. The van der Waals surface area contributed by atoms with Gasteiger partial charge in [0.25, 0.3) is 0 Å². The van der Waals surface area contributed by atoms with Gasteiger partial charge in [0.1, 0.15) is 0 Å². The first-order valence-electron chi connectivity index (χ1n) is 15.5. The third-order valence-corrected chi connectivity index (χ3v) is 21.7. The van der Waals surface area contributed by atoms with E-state index >= 15 is 0 Å². The van der Waals surface area contributed by atoms with Gasteiger partial charge in [-0.3, -0.25) is 0 Å². The monoisotopic (exact) mass is 614 g/mol. The molecule has 218 valence electrons. The molecule has 0 spiro atoms. The van der Waals surface area contributed by atoms with Gasteiger partial charge in [-0.25, -0.2) is 0 Å². The zero-order valence-electron chi connectivity index (χ0n) is 24.9. The van der Waals surface area contributed by atoms with E-state index in [2.05, 4.69) is 63.1 Å². The maximum absolute atomic E-state index is 6.54. The average Bonchev–Trinajstić information content (AvgIpc) is 2.89. The van der Waals surface area contributed by atoms with Crippen molar-refractivity contribution in [2.45, 2.75) is 154 Å². The Bertz CT molecular complexity index is 384. The van der Waals surface area contributed by atoms with E-state index in [1.54, 1.807) is 0 Å². The van der Waals surface area contributed by atoms with Crippen LogP contribution in [0.1, 0.15) is 119 Å². The quantitative estimate of drug-likeness (QED) is 0.0470. The Hall–Kier alpha value is 1.75.